The van der Waals surface area contributed by atoms with Gasteiger partial charge in [0.05, 0.1) is 11.8 Å². The molecule has 4 aromatic rings. The first-order chi connectivity index (χ1) is 10.2. The Kier molecular flexibility index (Phi) is 2.76. The van der Waals surface area contributed by atoms with Gasteiger partial charge >= 0.3 is 0 Å². The summed E-state index contributed by atoms with van der Waals surface area (Å²) >= 11 is 7.22. The van der Waals surface area contributed by atoms with Crippen LogP contribution in [0.25, 0.3) is 27.1 Å². The Morgan fingerprint density at radius 2 is 2.14 bits per heavy atom. The first-order valence-corrected chi connectivity index (χ1v) is 7.13. The molecule has 0 spiro atoms. The minimum Gasteiger partial charge on any atom is -0.462 e. The van der Waals surface area contributed by atoms with Crippen LogP contribution in [-0.2, 0) is 0 Å². The lowest BCUT2D eigenvalue weighted by molar-refractivity contribution is 0.580. The molecule has 0 saturated carbocycles. The van der Waals surface area contributed by atoms with Gasteiger partial charge in [-0.25, -0.2) is 4.39 Å². The highest BCUT2D eigenvalue weighted by Gasteiger charge is 2.18. The van der Waals surface area contributed by atoms with Gasteiger partial charge in [0.1, 0.15) is 5.82 Å². The molecule has 0 bridgehead atoms. The van der Waals surface area contributed by atoms with Gasteiger partial charge in [-0.05, 0) is 30.3 Å². The van der Waals surface area contributed by atoms with Gasteiger partial charge < -0.3 is 4.42 Å². The summed E-state index contributed by atoms with van der Waals surface area (Å²) in [4.78, 5) is 0.552. The maximum Gasteiger partial charge on any atom is 0.235 e. The van der Waals surface area contributed by atoms with Crippen LogP contribution in [0.2, 0.25) is 5.02 Å². The molecule has 0 N–H and O–H groups in total. The number of benzene rings is 1. The van der Waals surface area contributed by atoms with Crippen LogP contribution >= 0.6 is 22.9 Å². The molecule has 4 rings (SSSR count). The average molecular weight is 321 g/mol. The average Bonchev–Trinajstić information content (AvgIpc) is 3.15. The zero-order valence-corrected chi connectivity index (χ0v) is 11.9. The van der Waals surface area contributed by atoms with Crippen LogP contribution in [0.15, 0.2) is 41.0 Å². The molecule has 104 valence electrons. The maximum absolute atomic E-state index is 14.0. The molecule has 0 aliphatic rings. The Bertz CT molecular complexity index is 931. The van der Waals surface area contributed by atoms with Gasteiger partial charge in [-0.15, -0.1) is 15.3 Å². The van der Waals surface area contributed by atoms with Gasteiger partial charge in [-0.3, -0.25) is 0 Å². The molecule has 5 nitrogen and oxygen atoms in total. The van der Waals surface area contributed by atoms with E-state index in [1.165, 1.54) is 34.1 Å². The van der Waals surface area contributed by atoms with Crippen molar-refractivity contribution < 1.29 is 8.81 Å². The Morgan fingerprint density at radius 3 is 2.95 bits per heavy atom. The molecular formula is C13H6ClFN4OS. The third-order valence-corrected chi connectivity index (χ3v) is 4.04. The Morgan fingerprint density at radius 1 is 1.24 bits per heavy atom. The second-order valence-corrected chi connectivity index (χ2v) is 5.62. The maximum atomic E-state index is 14.0. The number of fused-ring (bicyclic) bond motifs is 1. The van der Waals surface area contributed by atoms with Crippen molar-refractivity contribution in [1.29, 1.82) is 0 Å². The van der Waals surface area contributed by atoms with E-state index in [4.69, 9.17) is 16.0 Å². The first-order valence-electron chi connectivity index (χ1n) is 5.94. The normalized spacial score (nSPS) is 11.3. The number of nitrogens with zero attached hydrogens (tertiary/aromatic N) is 4. The highest BCUT2D eigenvalue weighted by Crippen LogP contribution is 2.30. The van der Waals surface area contributed by atoms with Crippen LogP contribution < -0.4 is 0 Å². The predicted octanol–water partition coefficient (Wildman–Crippen LogP) is 3.91. The summed E-state index contributed by atoms with van der Waals surface area (Å²) in [6.45, 7) is 0. The van der Waals surface area contributed by atoms with Crippen molar-refractivity contribution in [1.82, 2.24) is 19.8 Å². The van der Waals surface area contributed by atoms with Crippen molar-refractivity contribution in [2.75, 3.05) is 0 Å². The number of hydrogen-bond acceptors (Lipinski definition) is 5. The van der Waals surface area contributed by atoms with Crippen molar-refractivity contribution in [2.45, 2.75) is 0 Å². The van der Waals surface area contributed by atoms with E-state index in [0.29, 0.717) is 26.6 Å². The summed E-state index contributed by atoms with van der Waals surface area (Å²) in [5.41, 5.74) is 0.256. The van der Waals surface area contributed by atoms with E-state index in [1.807, 2.05) is 0 Å². The lowest BCUT2D eigenvalue weighted by atomic mass is 10.2. The first kappa shape index (κ1) is 12.5. The smallest absolute Gasteiger partial charge is 0.235 e. The fourth-order valence-corrected chi connectivity index (χ4v) is 2.93. The van der Waals surface area contributed by atoms with Crippen molar-refractivity contribution in [2.24, 2.45) is 0 Å². The van der Waals surface area contributed by atoms with Gasteiger partial charge in [0.2, 0.25) is 4.96 Å². The summed E-state index contributed by atoms with van der Waals surface area (Å²) in [6.07, 6.45) is 1.56. The van der Waals surface area contributed by atoms with E-state index < -0.39 is 5.82 Å². The molecule has 0 aliphatic carbocycles. The summed E-state index contributed by atoms with van der Waals surface area (Å²) in [5, 5.41) is 13.4. The van der Waals surface area contributed by atoms with Gasteiger partial charge in [0.25, 0.3) is 0 Å². The van der Waals surface area contributed by atoms with Crippen LogP contribution in [0, 0.1) is 5.82 Å². The largest absolute Gasteiger partial charge is 0.462 e. The summed E-state index contributed by atoms with van der Waals surface area (Å²) < 4.78 is 20.7. The monoisotopic (exact) mass is 320 g/mol. The zero-order valence-electron chi connectivity index (χ0n) is 10.3. The summed E-state index contributed by atoms with van der Waals surface area (Å²) in [6, 6.07) is 7.84. The molecule has 0 fully saturated rings. The third kappa shape index (κ3) is 2.01. The molecular weight excluding hydrogens is 315 g/mol. The molecule has 8 heteroatoms. The Balaban J connectivity index is 1.92. The third-order valence-electron chi connectivity index (χ3n) is 2.89. The number of furan rings is 1. The highest BCUT2D eigenvalue weighted by atomic mass is 35.5. The summed E-state index contributed by atoms with van der Waals surface area (Å²) in [7, 11) is 0. The number of hydrogen-bond donors (Lipinski definition) is 0. The second kappa shape index (κ2) is 4.64. The molecule has 0 radical (unpaired) electrons. The Hall–Kier alpha value is -2.25. The van der Waals surface area contributed by atoms with E-state index in [1.54, 1.807) is 18.4 Å². The van der Waals surface area contributed by atoms with Crippen molar-refractivity contribution >= 4 is 27.9 Å². The van der Waals surface area contributed by atoms with Crippen molar-refractivity contribution in [3.8, 4) is 22.2 Å². The SMILES string of the molecule is Fc1ccc(Cl)cc1-c1nnc2sc(-c3ccco3)nn12. The molecule has 0 aliphatic heterocycles. The minimum absolute atomic E-state index is 0.256. The molecule has 1 aromatic carbocycles. The van der Waals surface area contributed by atoms with Crippen LogP contribution in [0.4, 0.5) is 4.39 Å². The van der Waals surface area contributed by atoms with Crippen LogP contribution in [0.5, 0.6) is 0 Å². The van der Waals surface area contributed by atoms with Crippen LogP contribution in [0.3, 0.4) is 0 Å². The molecule has 0 unspecified atom stereocenters. The quantitative estimate of drug-likeness (QED) is 0.562. The topological polar surface area (TPSA) is 56.2 Å². The van der Waals surface area contributed by atoms with E-state index in [9.17, 15) is 4.39 Å². The lowest BCUT2D eigenvalue weighted by Crippen LogP contribution is -1.93. The number of halogens is 2. The fourth-order valence-electron chi connectivity index (χ4n) is 1.95. The molecule has 0 saturated heterocycles. The predicted molar refractivity (Wildman–Crippen MR) is 76.8 cm³/mol. The van der Waals surface area contributed by atoms with E-state index in [2.05, 4.69) is 15.3 Å². The number of rotatable bonds is 2. The van der Waals surface area contributed by atoms with Gasteiger partial charge in [0.15, 0.2) is 16.6 Å². The van der Waals surface area contributed by atoms with Gasteiger partial charge in [-0.1, -0.05) is 22.9 Å². The zero-order chi connectivity index (χ0) is 14.4. The van der Waals surface area contributed by atoms with Crippen molar-refractivity contribution in [3.63, 3.8) is 0 Å². The Labute approximate surface area is 126 Å². The second-order valence-electron chi connectivity index (χ2n) is 4.23. The van der Waals surface area contributed by atoms with Gasteiger partial charge in [0, 0.05) is 5.02 Å². The van der Waals surface area contributed by atoms with Gasteiger partial charge in [-0.2, -0.15) is 4.52 Å². The number of aromatic nitrogens is 4. The molecule has 3 aromatic heterocycles. The lowest BCUT2D eigenvalue weighted by Gasteiger charge is -1.99. The van der Waals surface area contributed by atoms with Crippen LogP contribution in [-0.4, -0.2) is 19.8 Å². The molecule has 21 heavy (non-hydrogen) atoms. The molecule has 3 heterocycles. The standard InChI is InChI=1S/C13H6ClFN4OS/c14-7-3-4-9(15)8(6-7)11-16-17-13-19(11)18-12(21-13)10-2-1-5-20-10/h1-6H. The summed E-state index contributed by atoms with van der Waals surface area (Å²) in [5.74, 6) is 0.503. The molecule has 0 atom stereocenters. The molecule has 0 amide bonds. The minimum atomic E-state index is -0.429. The fraction of sp³-hybridized carbons (Fsp3) is 0. The van der Waals surface area contributed by atoms with E-state index in [0.717, 1.165) is 0 Å². The van der Waals surface area contributed by atoms with Crippen molar-refractivity contribution in [3.05, 3.63) is 47.4 Å². The van der Waals surface area contributed by atoms with E-state index >= 15 is 0 Å². The van der Waals surface area contributed by atoms with E-state index in [-0.39, 0.29) is 5.56 Å². The van der Waals surface area contributed by atoms with Crippen LogP contribution in [0.1, 0.15) is 0 Å². The highest BCUT2D eigenvalue weighted by molar-refractivity contribution is 7.19.